The van der Waals surface area contributed by atoms with Crippen molar-refractivity contribution in [1.29, 1.82) is 0 Å². The number of carbonyl (C=O) groups excluding carboxylic acids is 1. The van der Waals surface area contributed by atoms with Gasteiger partial charge in [-0.15, -0.1) is 12.4 Å². The molecule has 21 heavy (non-hydrogen) atoms. The van der Waals surface area contributed by atoms with E-state index in [0.29, 0.717) is 17.6 Å². The maximum atomic E-state index is 11.8. The molecule has 2 aliphatic heterocycles. The lowest BCUT2D eigenvalue weighted by molar-refractivity contribution is 0.0598. The lowest BCUT2D eigenvalue weighted by atomic mass is 10.1. The molecule has 0 saturated carbocycles. The van der Waals surface area contributed by atoms with E-state index in [1.54, 1.807) is 0 Å². The quantitative estimate of drug-likeness (QED) is 0.845. The highest BCUT2D eigenvalue weighted by Gasteiger charge is 2.33. The predicted octanol–water partition coefficient (Wildman–Crippen LogP) is 1.85. The van der Waals surface area contributed by atoms with Crippen LogP contribution in [0.25, 0.3) is 0 Å². The van der Waals surface area contributed by atoms with Crippen LogP contribution in [0.4, 0.5) is 5.82 Å². The van der Waals surface area contributed by atoms with Gasteiger partial charge in [0.1, 0.15) is 5.82 Å². The number of pyridine rings is 1. The molecular weight excluding hydrogens is 290 g/mol. The average molecular weight is 312 g/mol. The monoisotopic (exact) mass is 311 g/mol. The van der Waals surface area contributed by atoms with Crippen LogP contribution >= 0.6 is 12.4 Å². The molecule has 0 aliphatic carbocycles. The highest BCUT2D eigenvalue weighted by molar-refractivity contribution is 5.92. The van der Waals surface area contributed by atoms with Crippen LogP contribution in [0.1, 0.15) is 34.5 Å². The van der Waals surface area contributed by atoms with E-state index in [4.69, 9.17) is 4.74 Å². The molecule has 2 fully saturated rings. The Kier molecular flexibility index (Phi) is 4.74. The van der Waals surface area contributed by atoms with Gasteiger partial charge < -0.3 is 15.0 Å². The van der Waals surface area contributed by atoms with E-state index < -0.39 is 0 Å². The SMILES string of the molecule is COC(=O)c1c(C)cc(N2CC3CCC(C2)N3)nc1C.Cl. The number of hydrogen-bond acceptors (Lipinski definition) is 5. The van der Waals surface area contributed by atoms with Gasteiger partial charge in [0.05, 0.1) is 18.4 Å². The number of nitrogens with zero attached hydrogens (tertiary/aromatic N) is 2. The smallest absolute Gasteiger partial charge is 0.339 e. The number of ether oxygens (including phenoxy) is 1. The summed E-state index contributed by atoms with van der Waals surface area (Å²) >= 11 is 0. The van der Waals surface area contributed by atoms with E-state index in [9.17, 15) is 4.79 Å². The van der Waals surface area contributed by atoms with Crippen molar-refractivity contribution < 1.29 is 9.53 Å². The lowest BCUT2D eigenvalue weighted by Gasteiger charge is -2.34. The normalized spacial score (nSPS) is 23.7. The van der Waals surface area contributed by atoms with Crippen molar-refractivity contribution in [2.24, 2.45) is 0 Å². The minimum absolute atomic E-state index is 0. The Balaban J connectivity index is 0.00000161. The average Bonchev–Trinajstić information content (AvgIpc) is 2.76. The Bertz CT molecular complexity index is 515. The minimum Gasteiger partial charge on any atom is -0.465 e. The highest BCUT2D eigenvalue weighted by Crippen LogP contribution is 2.26. The van der Waals surface area contributed by atoms with Crippen molar-refractivity contribution in [2.45, 2.75) is 38.8 Å². The fourth-order valence-electron chi connectivity index (χ4n) is 3.37. The maximum Gasteiger partial charge on any atom is 0.339 e. The van der Waals surface area contributed by atoms with E-state index in [0.717, 1.165) is 30.2 Å². The summed E-state index contributed by atoms with van der Waals surface area (Å²) in [6.45, 7) is 5.82. The molecular formula is C15H22ClN3O2. The molecule has 2 atom stereocenters. The number of fused-ring (bicyclic) bond motifs is 2. The number of methoxy groups -OCH3 is 1. The number of nitrogens with one attached hydrogen (secondary N) is 1. The van der Waals surface area contributed by atoms with Crippen molar-refractivity contribution in [3.8, 4) is 0 Å². The molecule has 116 valence electrons. The van der Waals surface area contributed by atoms with E-state index in [-0.39, 0.29) is 18.4 Å². The molecule has 0 aromatic carbocycles. The van der Waals surface area contributed by atoms with Crippen LogP contribution in [0, 0.1) is 13.8 Å². The molecule has 1 aromatic heterocycles. The first-order chi connectivity index (χ1) is 9.58. The van der Waals surface area contributed by atoms with E-state index in [1.165, 1.54) is 20.0 Å². The highest BCUT2D eigenvalue weighted by atomic mass is 35.5. The Morgan fingerprint density at radius 1 is 1.33 bits per heavy atom. The number of halogens is 1. The topological polar surface area (TPSA) is 54.5 Å². The maximum absolute atomic E-state index is 11.8. The molecule has 3 heterocycles. The summed E-state index contributed by atoms with van der Waals surface area (Å²) < 4.78 is 4.82. The van der Waals surface area contributed by atoms with Gasteiger partial charge in [-0.1, -0.05) is 0 Å². The number of piperazine rings is 1. The van der Waals surface area contributed by atoms with Crippen LogP contribution in [-0.4, -0.2) is 43.2 Å². The molecule has 6 heteroatoms. The van der Waals surface area contributed by atoms with Crippen LogP contribution < -0.4 is 10.2 Å². The van der Waals surface area contributed by atoms with Crippen molar-refractivity contribution in [3.63, 3.8) is 0 Å². The van der Waals surface area contributed by atoms with Crippen LogP contribution in [0.15, 0.2) is 6.07 Å². The molecule has 3 rings (SSSR count). The summed E-state index contributed by atoms with van der Waals surface area (Å²) in [7, 11) is 1.41. The fourth-order valence-corrected chi connectivity index (χ4v) is 3.37. The molecule has 0 radical (unpaired) electrons. The minimum atomic E-state index is -0.306. The van der Waals surface area contributed by atoms with E-state index >= 15 is 0 Å². The number of carbonyl (C=O) groups is 1. The molecule has 1 N–H and O–H groups in total. The molecule has 0 amide bonds. The standard InChI is InChI=1S/C15H21N3O2.ClH/c1-9-6-13(16-10(2)14(9)15(19)20-3)18-7-11-4-5-12(8-18)17-11;/h6,11-12,17H,4-5,7-8H2,1-3H3;1H. The van der Waals surface area contributed by atoms with Crippen molar-refractivity contribution in [3.05, 3.63) is 22.9 Å². The number of aryl methyl sites for hydroxylation is 2. The van der Waals surface area contributed by atoms with Crippen LogP contribution in [0.5, 0.6) is 0 Å². The number of rotatable bonds is 2. The summed E-state index contributed by atoms with van der Waals surface area (Å²) in [4.78, 5) is 18.7. The fraction of sp³-hybridized carbons (Fsp3) is 0.600. The lowest BCUT2D eigenvalue weighted by Crippen LogP contribution is -2.51. The number of aromatic nitrogens is 1. The summed E-state index contributed by atoms with van der Waals surface area (Å²) in [6.07, 6.45) is 2.50. The predicted molar refractivity (Wildman–Crippen MR) is 84.5 cm³/mol. The summed E-state index contributed by atoms with van der Waals surface area (Å²) in [6, 6.07) is 3.16. The van der Waals surface area contributed by atoms with Gasteiger partial charge in [0, 0.05) is 25.2 Å². The first kappa shape index (κ1) is 16.0. The van der Waals surface area contributed by atoms with Gasteiger partial charge in [-0.25, -0.2) is 9.78 Å². The zero-order valence-electron chi connectivity index (χ0n) is 12.7. The van der Waals surface area contributed by atoms with Gasteiger partial charge in [0.2, 0.25) is 0 Å². The third kappa shape index (κ3) is 2.99. The zero-order chi connectivity index (χ0) is 14.3. The number of esters is 1. The van der Waals surface area contributed by atoms with E-state index in [2.05, 4.69) is 15.2 Å². The molecule has 1 aromatic rings. The molecule has 2 bridgehead atoms. The van der Waals surface area contributed by atoms with Crippen LogP contribution in [-0.2, 0) is 4.74 Å². The molecule has 2 unspecified atom stereocenters. The van der Waals surface area contributed by atoms with Gasteiger partial charge >= 0.3 is 5.97 Å². The van der Waals surface area contributed by atoms with Crippen LogP contribution in [0.2, 0.25) is 0 Å². The van der Waals surface area contributed by atoms with Crippen LogP contribution in [0.3, 0.4) is 0 Å². The first-order valence-corrected chi connectivity index (χ1v) is 7.16. The third-order valence-corrected chi connectivity index (χ3v) is 4.31. The van der Waals surface area contributed by atoms with Crippen molar-refractivity contribution in [1.82, 2.24) is 10.3 Å². The summed E-state index contributed by atoms with van der Waals surface area (Å²) in [5, 5.41) is 3.61. The van der Waals surface area contributed by atoms with Gasteiger partial charge in [0.25, 0.3) is 0 Å². The number of hydrogen-bond donors (Lipinski definition) is 1. The van der Waals surface area contributed by atoms with E-state index in [1.807, 2.05) is 19.9 Å². The second kappa shape index (κ2) is 6.20. The Morgan fingerprint density at radius 3 is 2.48 bits per heavy atom. The first-order valence-electron chi connectivity index (χ1n) is 7.16. The third-order valence-electron chi connectivity index (χ3n) is 4.31. The molecule has 2 saturated heterocycles. The van der Waals surface area contributed by atoms with Crippen molar-refractivity contribution in [2.75, 3.05) is 25.1 Å². The summed E-state index contributed by atoms with van der Waals surface area (Å²) in [5.41, 5.74) is 2.28. The Hall–Kier alpha value is -1.33. The Morgan fingerprint density at radius 2 is 1.95 bits per heavy atom. The van der Waals surface area contributed by atoms with Crippen molar-refractivity contribution >= 4 is 24.2 Å². The van der Waals surface area contributed by atoms with Gasteiger partial charge in [-0.2, -0.15) is 0 Å². The second-order valence-corrected chi connectivity index (χ2v) is 5.79. The molecule has 2 aliphatic rings. The second-order valence-electron chi connectivity index (χ2n) is 5.79. The molecule has 0 spiro atoms. The van der Waals surface area contributed by atoms with Gasteiger partial charge in [-0.3, -0.25) is 0 Å². The molecule has 5 nitrogen and oxygen atoms in total. The van der Waals surface area contributed by atoms with Gasteiger partial charge in [0.15, 0.2) is 0 Å². The Labute approximate surface area is 131 Å². The van der Waals surface area contributed by atoms with Gasteiger partial charge in [-0.05, 0) is 38.3 Å². The zero-order valence-corrected chi connectivity index (χ0v) is 13.5. The number of anilines is 1. The largest absolute Gasteiger partial charge is 0.465 e. The summed E-state index contributed by atoms with van der Waals surface area (Å²) in [5.74, 6) is 0.672.